The molecule has 0 spiro atoms. The van der Waals surface area contributed by atoms with Gasteiger partial charge < -0.3 is 10.6 Å². The van der Waals surface area contributed by atoms with Crippen molar-refractivity contribution in [1.82, 2.24) is 19.6 Å². The van der Waals surface area contributed by atoms with E-state index in [9.17, 15) is 39.6 Å². The third-order valence-electron chi connectivity index (χ3n) is 7.03. The average Bonchev–Trinajstić information content (AvgIpc) is 3.35. The van der Waals surface area contributed by atoms with E-state index in [4.69, 9.17) is 0 Å². The van der Waals surface area contributed by atoms with Gasteiger partial charge in [-0.2, -0.15) is 17.5 Å². The zero-order chi connectivity index (χ0) is 32.4. The number of carbonyl (C=O) groups is 1. The molecule has 0 aliphatic carbocycles. The molecule has 4 aromatic rings. The quantitative estimate of drug-likeness (QED) is 0.228. The van der Waals surface area contributed by atoms with Crippen molar-refractivity contribution < 1.29 is 39.6 Å². The Morgan fingerprint density at radius 1 is 0.933 bits per heavy atom. The molecule has 1 unspecified atom stereocenters. The molecule has 0 saturated carbocycles. The summed E-state index contributed by atoms with van der Waals surface area (Å²) in [5.41, 5.74) is 1.02. The van der Waals surface area contributed by atoms with Gasteiger partial charge in [-0.05, 0) is 71.8 Å². The number of halogens is 6. The second kappa shape index (κ2) is 12.5. The van der Waals surface area contributed by atoms with Crippen molar-refractivity contribution in [2.45, 2.75) is 42.5 Å². The number of rotatable bonds is 9. The van der Waals surface area contributed by atoms with Gasteiger partial charge in [0.2, 0.25) is 15.9 Å². The summed E-state index contributed by atoms with van der Waals surface area (Å²) in [7, 11) is -4.58. The molecule has 1 atom stereocenters. The number of aromatic nitrogens is 2. The monoisotopic (exact) mass is 649 g/mol. The van der Waals surface area contributed by atoms with E-state index in [0.717, 1.165) is 42.0 Å². The predicted molar refractivity (Wildman–Crippen MR) is 152 cm³/mol. The summed E-state index contributed by atoms with van der Waals surface area (Å²) in [6.45, 7) is -1.17. The molecular weight excluding hydrogens is 624 g/mol. The molecule has 1 aliphatic rings. The first kappa shape index (κ1) is 31.9. The van der Waals surface area contributed by atoms with Crippen molar-refractivity contribution in [3.8, 4) is 11.3 Å². The molecule has 2 N–H and O–H groups in total. The fraction of sp³-hybridized carbons (Fsp3) is 0.233. The van der Waals surface area contributed by atoms with Gasteiger partial charge in [0.15, 0.2) is 0 Å². The topological polar surface area (TPSA) is 104 Å². The second-order valence-corrected chi connectivity index (χ2v) is 12.2. The lowest BCUT2D eigenvalue weighted by Gasteiger charge is -2.23. The summed E-state index contributed by atoms with van der Waals surface area (Å²) >= 11 is 0. The average molecular weight is 650 g/mol. The number of amides is 1. The number of hydrogen-bond donors (Lipinski definition) is 2. The minimum absolute atomic E-state index is 0.245. The van der Waals surface area contributed by atoms with Crippen molar-refractivity contribution in [2.24, 2.45) is 0 Å². The first-order valence-corrected chi connectivity index (χ1v) is 14.9. The van der Waals surface area contributed by atoms with Crippen LogP contribution in [0, 0.1) is 5.82 Å². The van der Waals surface area contributed by atoms with Crippen LogP contribution in [0.1, 0.15) is 23.1 Å². The summed E-state index contributed by atoms with van der Waals surface area (Å²) < 4.78 is 108. The van der Waals surface area contributed by atoms with Crippen molar-refractivity contribution >= 4 is 21.7 Å². The molecular formula is C30H25F6N5O3S. The Kier molecular flexibility index (Phi) is 8.85. The summed E-state index contributed by atoms with van der Waals surface area (Å²) in [5, 5.41) is 5.60. The van der Waals surface area contributed by atoms with Crippen molar-refractivity contribution in [1.29, 1.82) is 0 Å². The summed E-state index contributed by atoms with van der Waals surface area (Å²) in [4.78, 5) is 21.2. The number of pyridine rings is 2. The maximum atomic E-state index is 14.5. The standard InChI is InChI=1S/C30H25F6N5O3S/c31-23-5-7-24(8-6-23)45(43,44)41-18-29(32,33)15-26(41)28(42)39-17-20-13-25(21-1-3-22(4-2-21)30(34,35)36)40-27(14-20)38-16-19-9-11-37-12-10-19/h1-14,26H,15-18H2,(H,38,40)(H,39,42). The summed E-state index contributed by atoms with van der Waals surface area (Å²) in [6.07, 6.45) is -2.41. The van der Waals surface area contributed by atoms with E-state index < -0.39 is 63.3 Å². The molecule has 1 fully saturated rings. The number of benzene rings is 2. The maximum Gasteiger partial charge on any atom is 0.416 e. The van der Waals surface area contributed by atoms with Crippen LogP contribution in [-0.4, -0.2) is 47.1 Å². The van der Waals surface area contributed by atoms with Crippen molar-refractivity contribution in [2.75, 3.05) is 11.9 Å². The van der Waals surface area contributed by atoms with Gasteiger partial charge in [0.05, 0.1) is 22.7 Å². The van der Waals surface area contributed by atoms with Gasteiger partial charge >= 0.3 is 6.18 Å². The lowest BCUT2D eigenvalue weighted by atomic mass is 10.1. The van der Waals surface area contributed by atoms with E-state index >= 15 is 0 Å². The summed E-state index contributed by atoms with van der Waals surface area (Å²) in [6, 6.07) is 12.7. The largest absolute Gasteiger partial charge is 0.416 e. The van der Waals surface area contributed by atoms with Crippen LogP contribution >= 0.6 is 0 Å². The van der Waals surface area contributed by atoms with Gasteiger partial charge in [-0.1, -0.05) is 12.1 Å². The highest BCUT2D eigenvalue weighted by Gasteiger charge is 2.52. The zero-order valence-corrected chi connectivity index (χ0v) is 24.0. The van der Waals surface area contributed by atoms with Gasteiger partial charge in [-0.25, -0.2) is 26.6 Å². The molecule has 1 amide bonds. The molecule has 236 valence electrons. The highest BCUT2D eigenvalue weighted by molar-refractivity contribution is 7.89. The van der Waals surface area contributed by atoms with Gasteiger partial charge in [0, 0.05) is 37.5 Å². The predicted octanol–water partition coefficient (Wildman–Crippen LogP) is 5.63. The maximum absolute atomic E-state index is 14.5. The molecule has 0 bridgehead atoms. The highest BCUT2D eigenvalue weighted by Crippen LogP contribution is 2.36. The van der Waals surface area contributed by atoms with Crippen LogP contribution in [0.4, 0.5) is 32.2 Å². The molecule has 45 heavy (non-hydrogen) atoms. The molecule has 2 aromatic heterocycles. The Labute approximate surface area is 254 Å². The smallest absolute Gasteiger partial charge is 0.366 e. The lowest BCUT2D eigenvalue weighted by Crippen LogP contribution is -2.45. The number of sulfonamides is 1. The number of anilines is 1. The number of alkyl halides is 5. The molecule has 3 heterocycles. The first-order chi connectivity index (χ1) is 21.2. The van der Waals surface area contributed by atoms with Gasteiger partial charge in [-0.3, -0.25) is 9.78 Å². The van der Waals surface area contributed by atoms with Crippen LogP contribution in [0.25, 0.3) is 11.3 Å². The van der Waals surface area contributed by atoms with Crippen LogP contribution in [0.15, 0.2) is 90.1 Å². The molecule has 8 nitrogen and oxygen atoms in total. The van der Waals surface area contributed by atoms with Crippen LogP contribution < -0.4 is 10.6 Å². The molecule has 5 rings (SSSR count). The Morgan fingerprint density at radius 2 is 1.60 bits per heavy atom. The summed E-state index contributed by atoms with van der Waals surface area (Å²) in [5.74, 6) is -4.90. The van der Waals surface area contributed by atoms with E-state index in [-0.39, 0.29) is 12.2 Å². The molecule has 1 aliphatic heterocycles. The van der Waals surface area contributed by atoms with Crippen LogP contribution in [0.2, 0.25) is 0 Å². The molecule has 15 heteroatoms. The molecule has 2 aromatic carbocycles. The van der Waals surface area contributed by atoms with E-state index in [2.05, 4.69) is 20.6 Å². The fourth-order valence-corrected chi connectivity index (χ4v) is 6.38. The van der Waals surface area contributed by atoms with Crippen LogP contribution in [0.5, 0.6) is 0 Å². The lowest BCUT2D eigenvalue weighted by molar-refractivity contribution is -0.137. The molecule has 1 saturated heterocycles. The molecule has 0 radical (unpaired) electrons. The number of carbonyl (C=O) groups excluding carboxylic acids is 1. The first-order valence-electron chi connectivity index (χ1n) is 13.5. The Morgan fingerprint density at radius 3 is 2.24 bits per heavy atom. The van der Waals surface area contributed by atoms with Gasteiger partial charge in [0.25, 0.3) is 5.92 Å². The van der Waals surface area contributed by atoms with E-state index in [1.807, 2.05) is 0 Å². The van der Waals surface area contributed by atoms with Crippen LogP contribution in [-0.2, 0) is 34.1 Å². The minimum atomic E-state index is -4.58. The van der Waals surface area contributed by atoms with Gasteiger partial charge in [-0.15, -0.1) is 0 Å². The number of hydrogen-bond acceptors (Lipinski definition) is 6. The van der Waals surface area contributed by atoms with Crippen molar-refractivity contribution in [3.63, 3.8) is 0 Å². The Balaban J connectivity index is 1.39. The van der Waals surface area contributed by atoms with Crippen molar-refractivity contribution in [3.05, 3.63) is 108 Å². The third kappa shape index (κ3) is 7.60. The number of nitrogens with zero attached hydrogens (tertiary/aromatic N) is 3. The van der Waals surface area contributed by atoms with E-state index in [1.165, 1.54) is 18.2 Å². The highest BCUT2D eigenvalue weighted by atomic mass is 32.2. The Hall–Kier alpha value is -4.50. The normalized spacial score (nSPS) is 16.8. The second-order valence-electron chi connectivity index (χ2n) is 10.3. The Bertz CT molecular complexity index is 1770. The van der Waals surface area contributed by atoms with Gasteiger partial charge in [0.1, 0.15) is 17.7 Å². The number of nitrogens with one attached hydrogen (secondary N) is 2. The van der Waals surface area contributed by atoms with E-state index in [1.54, 1.807) is 30.6 Å². The fourth-order valence-electron chi connectivity index (χ4n) is 4.76. The zero-order valence-electron chi connectivity index (χ0n) is 23.2. The SMILES string of the molecule is O=C(NCc1cc(NCc2ccncc2)nc(-c2ccc(C(F)(F)F)cc2)c1)C1CC(F)(F)CN1S(=O)(=O)c1ccc(F)cc1. The van der Waals surface area contributed by atoms with E-state index in [0.29, 0.717) is 27.8 Å². The third-order valence-corrected chi connectivity index (χ3v) is 8.90. The van der Waals surface area contributed by atoms with Crippen LogP contribution in [0.3, 0.4) is 0 Å². The minimum Gasteiger partial charge on any atom is -0.366 e.